The van der Waals surface area contributed by atoms with E-state index in [0.717, 1.165) is 12.8 Å². The van der Waals surface area contributed by atoms with Crippen molar-refractivity contribution in [1.29, 1.82) is 0 Å². The lowest BCUT2D eigenvalue weighted by Gasteiger charge is -2.47. The first-order valence-corrected chi connectivity index (χ1v) is 12.8. The Morgan fingerprint density at radius 3 is 2.41 bits per heavy atom. The molecule has 32 heavy (non-hydrogen) atoms. The van der Waals surface area contributed by atoms with E-state index in [4.69, 9.17) is 4.74 Å². The lowest BCUT2D eigenvalue weighted by atomic mass is 9.75. The van der Waals surface area contributed by atoms with Gasteiger partial charge in [0.25, 0.3) is 5.91 Å². The topological polar surface area (TPSA) is 95.9 Å². The summed E-state index contributed by atoms with van der Waals surface area (Å²) in [6.07, 6.45) is 3.21. The zero-order valence-corrected chi connectivity index (χ0v) is 21.5. The number of hydrogen-bond donors (Lipinski definition) is 2. The van der Waals surface area contributed by atoms with Crippen LogP contribution in [0.1, 0.15) is 74.7 Å². The second-order valence-electron chi connectivity index (χ2n) is 11.3. The minimum Gasteiger partial charge on any atom is -0.480 e. The first-order chi connectivity index (χ1) is 14.7. The van der Waals surface area contributed by atoms with Gasteiger partial charge in [-0.05, 0) is 57.3 Å². The van der Waals surface area contributed by atoms with Gasteiger partial charge in [-0.2, -0.15) is 0 Å². The van der Waals surface area contributed by atoms with Crippen molar-refractivity contribution in [2.24, 2.45) is 23.7 Å². The van der Waals surface area contributed by atoms with E-state index in [1.807, 2.05) is 34.6 Å². The van der Waals surface area contributed by atoms with Crippen LogP contribution in [0.5, 0.6) is 0 Å². The molecule has 7 atom stereocenters. The molecule has 182 valence electrons. The first-order valence-electron chi connectivity index (χ1n) is 11.9. The quantitative estimate of drug-likeness (QED) is 0.555. The predicted molar refractivity (Wildman–Crippen MR) is 125 cm³/mol. The van der Waals surface area contributed by atoms with Crippen molar-refractivity contribution in [3.63, 3.8) is 0 Å². The molecule has 2 saturated heterocycles. The van der Waals surface area contributed by atoms with Crippen LogP contribution in [0.4, 0.5) is 0 Å². The number of nitrogens with zero attached hydrogens (tertiary/aromatic N) is 1. The Balaban J connectivity index is 1.76. The van der Waals surface area contributed by atoms with Crippen molar-refractivity contribution >= 4 is 29.5 Å². The maximum Gasteiger partial charge on any atom is 0.327 e. The number of thioether (sulfide) groups is 1. The fraction of sp³-hybridized carbons (Fsp3) is 0.875. The minimum atomic E-state index is -1.07. The standard InChI is InChI=1S/C24H40N2O5S/c1-12(2)15-10-9-14(5)11-16(15)31-24(8,13(3)4)22(30)25-17-19(27)26-18(21(28)29)23(6,7)32-20(17)26/h12-18,20H,9-11H2,1-8H3,(H,25,30)(H,28,29)/t14-,15+,16-,17+,18-,20-,24+/m1/s1. The number of carboxylic acid groups (broad SMARTS) is 1. The van der Waals surface area contributed by atoms with Crippen molar-refractivity contribution in [3.05, 3.63) is 0 Å². The summed E-state index contributed by atoms with van der Waals surface area (Å²) in [5.74, 6) is -0.280. The number of rotatable bonds is 7. The molecule has 0 aromatic heterocycles. The van der Waals surface area contributed by atoms with Crippen LogP contribution in [0.3, 0.4) is 0 Å². The van der Waals surface area contributed by atoms with Gasteiger partial charge >= 0.3 is 5.97 Å². The summed E-state index contributed by atoms with van der Waals surface area (Å²) in [5, 5.41) is 12.2. The Morgan fingerprint density at radius 2 is 1.88 bits per heavy atom. The Labute approximate surface area is 196 Å². The number of nitrogens with one attached hydrogen (secondary N) is 1. The molecule has 3 rings (SSSR count). The molecule has 3 aliphatic rings. The number of aliphatic carboxylic acids is 1. The highest BCUT2D eigenvalue weighted by atomic mass is 32.2. The lowest BCUT2D eigenvalue weighted by molar-refractivity contribution is -0.179. The summed E-state index contributed by atoms with van der Waals surface area (Å²) < 4.78 is 6.01. The molecule has 0 spiro atoms. The van der Waals surface area contributed by atoms with Gasteiger partial charge in [0.1, 0.15) is 23.1 Å². The summed E-state index contributed by atoms with van der Waals surface area (Å²) in [6, 6.07) is -1.61. The molecule has 2 amide bonds. The van der Waals surface area contributed by atoms with Crippen LogP contribution in [0.2, 0.25) is 0 Å². The molecule has 2 heterocycles. The molecule has 0 aromatic carbocycles. The molecule has 8 heteroatoms. The van der Waals surface area contributed by atoms with Crippen LogP contribution in [0, 0.1) is 23.7 Å². The van der Waals surface area contributed by atoms with E-state index >= 15 is 0 Å². The third-order valence-corrected chi connectivity index (χ3v) is 9.44. The molecule has 0 aromatic rings. The second-order valence-corrected chi connectivity index (χ2v) is 13.1. The number of β-lactam (4-membered cyclic amide) rings is 1. The van der Waals surface area contributed by atoms with Crippen molar-refractivity contribution in [3.8, 4) is 0 Å². The van der Waals surface area contributed by atoms with E-state index in [0.29, 0.717) is 17.8 Å². The van der Waals surface area contributed by atoms with Gasteiger partial charge in [-0.1, -0.05) is 41.0 Å². The Hall–Kier alpha value is -1.28. The van der Waals surface area contributed by atoms with E-state index in [1.54, 1.807) is 0 Å². The smallest absolute Gasteiger partial charge is 0.327 e. The zero-order valence-electron chi connectivity index (χ0n) is 20.7. The van der Waals surface area contributed by atoms with Crippen molar-refractivity contribution in [2.45, 2.75) is 109 Å². The molecule has 7 nitrogen and oxygen atoms in total. The summed E-state index contributed by atoms with van der Waals surface area (Å²) in [7, 11) is 0. The Morgan fingerprint density at radius 1 is 1.25 bits per heavy atom. The lowest BCUT2D eigenvalue weighted by Crippen LogP contribution is -2.72. The second kappa shape index (κ2) is 8.82. The van der Waals surface area contributed by atoms with Crippen LogP contribution in [-0.2, 0) is 19.1 Å². The Bertz CT molecular complexity index is 769. The van der Waals surface area contributed by atoms with Crippen LogP contribution in [0.25, 0.3) is 0 Å². The third-order valence-electron chi connectivity index (χ3n) is 7.87. The van der Waals surface area contributed by atoms with Crippen LogP contribution in [-0.4, -0.2) is 61.7 Å². The monoisotopic (exact) mass is 468 g/mol. The van der Waals surface area contributed by atoms with Crippen LogP contribution < -0.4 is 5.32 Å². The molecule has 2 N–H and O–H groups in total. The van der Waals surface area contributed by atoms with Gasteiger partial charge in [0.15, 0.2) is 0 Å². The van der Waals surface area contributed by atoms with Gasteiger partial charge in [-0.25, -0.2) is 4.79 Å². The molecule has 0 radical (unpaired) electrons. The molecule has 2 aliphatic heterocycles. The van der Waals surface area contributed by atoms with E-state index in [9.17, 15) is 19.5 Å². The summed E-state index contributed by atoms with van der Waals surface area (Å²) in [5.41, 5.74) is -1.07. The molecule has 1 saturated carbocycles. The molecular formula is C24H40N2O5S. The van der Waals surface area contributed by atoms with E-state index < -0.39 is 28.4 Å². The fourth-order valence-electron chi connectivity index (χ4n) is 5.45. The number of ether oxygens (including phenoxy) is 1. The largest absolute Gasteiger partial charge is 0.480 e. The SMILES string of the molecule is CC(C)[C@@H]1CC[C@@H](C)C[C@H]1O[C@](C)(C(=O)N[C@H]1C(=O)N2[C@@H]1SC(C)(C)[C@H]2C(=O)O)C(C)C. The Kier molecular flexibility index (Phi) is 6.99. The van der Waals surface area contributed by atoms with Gasteiger partial charge in [-0.15, -0.1) is 11.8 Å². The number of hydrogen-bond acceptors (Lipinski definition) is 5. The number of amides is 2. The highest BCUT2D eigenvalue weighted by Gasteiger charge is 2.64. The maximum absolute atomic E-state index is 13.5. The first kappa shape index (κ1) is 25.3. The minimum absolute atomic E-state index is 0.00155. The van der Waals surface area contributed by atoms with E-state index in [2.05, 4.69) is 26.1 Å². The maximum atomic E-state index is 13.5. The fourth-order valence-corrected chi connectivity index (χ4v) is 7.07. The van der Waals surface area contributed by atoms with Gasteiger partial charge in [0.05, 0.1) is 6.10 Å². The summed E-state index contributed by atoms with van der Waals surface area (Å²) >= 11 is 1.44. The number of carboxylic acids is 1. The van der Waals surface area contributed by atoms with E-state index in [-0.39, 0.29) is 29.2 Å². The normalized spacial score (nSPS) is 35.9. The molecule has 1 aliphatic carbocycles. The number of fused-ring (bicyclic) bond motifs is 1. The highest BCUT2D eigenvalue weighted by Crippen LogP contribution is 2.51. The van der Waals surface area contributed by atoms with Gasteiger partial charge in [-0.3, -0.25) is 9.59 Å². The van der Waals surface area contributed by atoms with Crippen molar-refractivity contribution in [2.75, 3.05) is 0 Å². The molecule has 0 bridgehead atoms. The highest BCUT2D eigenvalue weighted by molar-refractivity contribution is 8.01. The molecule has 3 fully saturated rings. The predicted octanol–water partition coefficient (Wildman–Crippen LogP) is 3.51. The summed E-state index contributed by atoms with van der Waals surface area (Å²) in [4.78, 5) is 39.5. The average Bonchev–Trinajstić information content (AvgIpc) is 2.93. The van der Waals surface area contributed by atoms with Crippen molar-refractivity contribution in [1.82, 2.24) is 10.2 Å². The van der Waals surface area contributed by atoms with Gasteiger partial charge < -0.3 is 20.1 Å². The number of carbonyl (C=O) groups is 3. The number of carbonyl (C=O) groups excluding carboxylic acids is 2. The average molecular weight is 469 g/mol. The summed E-state index contributed by atoms with van der Waals surface area (Å²) in [6.45, 7) is 16.1. The third kappa shape index (κ3) is 4.29. The molecular weight excluding hydrogens is 428 g/mol. The van der Waals surface area contributed by atoms with Gasteiger partial charge in [0, 0.05) is 4.75 Å². The van der Waals surface area contributed by atoms with E-state index in [1.165, 1.54) is 23.1 Å². The zero-order chi connectivity index (χ0) is 24.2. The van der Waals surface area contributed by atoms with Crippen LogP contribution >= 0.6 is 11.8 Å². The van der Waals surface area contributed by atoms with Gasteiger partial charge in [0.2, 0.25) is 5.91 Å². The van der Waals surface area contributed by atoms with Crippen molar-refractivity contribution < 1.29 is 24.2 Å². The van der Waals surface area contributed by atoms with Crippen LogP contribution in [0.15, 0.2) is 0 Å². The molecule has 0 unspecified atom stereocenters.